The van der Waals surface area contributed by atoms with Crippen molar-refractivity contribution in [1.82, 2.24) is 9.88 Å². The molecule has 1 N–H and O–H groups in total. The number of ether oxygens (including phenoxy) is 1. The monoisotopic (exact) mass is 438 g/mol. The second-order valence-corrected chi connectivity index (χ2v) is 8.31. The molecule has 2 heterocycles. The molecule has 0 unspecified atom stereocenters. The van der Waals surface area contributed by atoms with Gasteiger partial charge in [0, 0.05) is 27.7 Å². The van der Waals surface area contributed by atoms with Crippen LogP contribution in [-0.2, 0) is 11.4 Å². The molecule has 2 amide bonds. The highest BCUT2D eigenvalue weighted by atomic mass is 35.5. The van der Waals surface area contributed by atoms with E-state index >= 15 is 0 Å². The highest BCUT2D eigenvalue weighted by Crippen LogP contribution is 2.29. The summed E-state index contributed by atoms with van der Waals surface area (Å²) in [6.45, 7) is 4.39. The molecule has 1 aliphatic heterocycles. The van der Waals surface area contributed by atoms with Crippen molar-refractivity contribution in [2.75, 3.05) is 0 Å². The average Bonchev–Trinajstić information content (AvgIpc) is 3.19. The SMILES string of the molecule is Cc1cc(C=C2SC(=O)NC2=O)c(C)n1-c1ccc(OCc2ccccc2Cl)cc1. The molecule has 1 fully saturated rings. The van der Waals surface area contributed by atoms with Crippen molar-refractivity contribution in [1.29, 1.82) is 0 Å². The summed E-state index contributed by atoms with van der Waals surface area (Å²) in [6.07, 6.45) is 1.75. The average molecular weight is 439 g/mol. The lowest BCUT2D eigenvalue weighted by atomic mass is 10.2. The lowest BCUT2D eigenvalue weighted by molar-refractivity contribution is -0.115. The summed E-state index contributed by atoms with van der Waals surface area (Å²) in [5, 5.41) is 2.63. The van der Waals surface area contributed by atoms with Gasteiger partial charge in [0.05, 0.1) is 4.91 Å². The first-order valence-corrected chi connectivity index (χ1v) is 10.5. The molecule has 0 bridgehead atoms. The van der Waals surface area contributed by atoms with Crippen molar-refractivity contribution in [3.8, 4) is 11.4 Å². The number of halogens is 1. The fourth-order valence-corrected chi connectivity index (χ4v) is 4.22. The Morgan fingerprint density at radius 3 is 2.50 bits per heavy atom. The Hall–Kier alpha value is -2.96. The van der Waals surface area contributed by atoms with Crippen molar-refractivity contribution in [3.05, 3.63) is 87.0 Å². The van der Waals surface area contributed by atoms with Gasteiger partial charge in [-0.3, -0.25) is 14.9 Å². The number of hydrogen-bond acceptors (Lipinski definition) is 4. The predicted octanol–water partition coefficient (Wildman–Crippen LogP) is 5.65. The zero-order valence-electron chi connectivity index (χ0n) is 16.4. The minimum atomic E-state index is -0.352. The normalized spacial score (nSPS) is 15.0. The quantitative estimate of drug-likeness (QED) is 0.523. The number of aryl methyl sites for hydroxylation is 1. The summed E-state index contributed by atoms with van der Waals surface area (Å²) in [5.74, 6) is 0.399. The van der Waals surface area contributed by atoms with Gasteiger partial charge >= 0.3 is 0 Å². The first kappa shape index (κ1) is 20.3. The van der Waals surface area contributed by atoms with E-state index in [9.17, 15) is 9.59 Å². The zero-order chi connectivity index (χ0) is 21.3. The van der Waals surface area contributed by atoms with E-state index in [1.54, 1.807) is 6.08 Å². The van der Waals surface area contributed by atoms with E-state index < -0.39 is 0 Å². The molecule has 0 radical (unpaired) electrons. The molecule has 3 aromatic rings. The summed E-state index contributed by atoms with van der Waals surface area (Å²) in [4.78, 5) is 23.6. The number of carbonyl (C=O) groups is 2. The molecule has 0 saturated carbocycles. The Bertz CT molecular complexity index is 1170. The number of imide groups is 1. The van der Waals surface area contributed by atoms with Gasteiger partial charge in [0.15, 0.2) is 0 Å². The number of aromatic nitrogens is 1. The molecule has 30 heavy (non-hydrogen) atoms. The lowest BCUT2D eigenvalue weighted by Gasteiger charge is -2.12. The summed E-state index contributed by atoms with van der Waals surface area (Å²) < 4.78 is 7.96. The largest absolute Gasteiger partial charge is 0.489 e. The van der Waals surface area contributed by atoms with Crippen molar-refractivity contribution >= 4 is 40.6 Å². The molecule has 5 nitrogen and oxygen atoms in total. The van der Waals surface area contributed by atoms with Crippen molar-refractivity contribution in [2.24, 2.45) is 0 Å². The third-order valence-corrected chi connectivity index (χ3v) is 6.03. The number of thioether (sulfide) groups is 1. The number of benzene rings is 2. The zero-order valence-corrected chi connectivity index (χ0v) is 18.0. The van der Waals surface area contributed by atoms with Crippen molar-refractivity contribution in [2.45, 2.75) is 20.5 Å². The molecule has 0 spiro atoms. The van der Waals surface area contributed by atoms with Gasteiger partial charge in [-0.05, 0) is 73.6 Å². The van der Waals surface area contributed by atoms with E-state index in [-0.39, 0.29) is 11.1 Å². The van der Waals surface area contributed by atoms with Crippen LogP contribution in [0.2, 0.25) is 5.02 Å². The van der Waals surface area contributed by atoms with Crippen LogP contribution < -0.4 is 10.1 Å². The van der Waals surface area contributed by atoms with Crippen LogP contribution in [-0.4, -0.2) is 15.7 Å². The number of hydrogen-bond donors (Lipinski definition) is 1. The molecule has 4 rings (SSSR count). The molecule has 2 aromatic carbocycles. The Kier molecular flexibility index (Phi) is 5.70. The standard InChI is InChI=1S/C23H19ClN2O3S/c1-14-11-17(12-21-22(27)25-23(28)30-21)15(2)26(14)18-7-9-19(10-8-18)29-13-16-5-3-4-6-20(16)24/h3-12H,13H2,1-2H3,(H,25,27,28). The summed E-state index contributed by atoms with van der Waals surface area (Å²) in [5.41, 5.74) is 4.83. The van der Waals surface area contributed by atoms with Crippen molar-refractivity contribution in [3.63, 3.8) is 0 Å². The molecular weight excluding hydrogens is 420 g/mol. The van der Waals surface area contributed by atoms with Crippen LogP contribution >= 0.6 is 23.4 Å². The topological polar surface area (TPSA) is 60.3 Å². The lowest BCUT2D eigenvalue weighted by Crippen LogP contribution is -2.17. The van der Waals surface area contributed by atoms with Gasteiger partial charge < -0.3 is 9.30 Å². The Morgan fingerprint density at radius 2 is 1.83 bits per heavy atom. The smallest absolute Gasteiger partial charge is 0.290 e. The van der Waals surface area contributed by atoms with Crippen LogP contribution in [0.25, 0.3) is 11.8 Å². The minimum absolute atomic E-state index is 0.340. The number of rotatable bonds is 5. The first-order chi connectivity index (χ1) is 14.4. The van der Waals surface area contributed by atoms with Crippen LogP contribution in [0.5, 0.6) is 5.75 Å². The van der Waals surface area contributed by atoms with E-state index in [0.29, 0.717) is 16.5 Å². The number of nitrogens with zero attached hydrogens (tertiary/aromatic N) is 1. The van der Waals surface area contributed by atoms with Gasteiger partial charge in [0.1, 0.15) is 12.4 Å². The number of nitrogens with one attached hydrogen (secondary N) is 1. The van der Waals surface area contributed by atoms with E-state index in [1.165, 1.54) is 0 Å². The fraction of sp³-hybridized carbons (Fsp3) is 0.130. The van der Waals surface area contributed by atoms with Gasteiger partial charge in [0.25, 0.3) is 11.1 Å². The van der Waals surface area contributed by atoms with Gasteiger partial charge in [-0.1, -0.05) is 29.8 Å². The summed E-state index contributed by atoms with van der Waals surface area (Å²) >= 11 is 7.10. The second-order valence-electron chi connectivity index (χ2n) is 6.89. The van der Waals surface area contributed by atoms with Gasteiger partial charge in [-0.2, -0.15) is 0 Å². The fourth-order valence-electron chi connectivity index (χ4n) is 3.36. The van der Waals surface area contributed by atoms with Crippen LogP contribution in [0.15, 0.2) is 59.5 Å². The van der Waals surface area contributed by atoms with E-state index in [0.717, 1.165) is 45.7 Å². The third kappa shape index (κ3) is 4.15. The van der Waals surface area contributed by atoms with Gasteiger partial charge in [-0.15, -0.1) is 0 Å². The maximum atomic E-state index is 11.8. The second kappa shape index (κ2) is 8.42. The first-order valence-electron chi connectivity index (χ1n) is 9.33. The Morgan fingerprint density at radius 1 is 1.10 bits per heavy atom. The number of carbonyl (C=O) groups excluding carboxylic acids is 2. The van der Waals surface area contributed by atoms with E-state index in [1.807, 2.05) is 68.4 Å². The third-order valence-electron chi connectivity index (χ3n) is 4.85. The Balaban J connectivity index is 1.54. The van der Waals surface area contributed by atoms with Crippen LogP contribution in [0, 0.1) is 13.8 Å². The molecule has 1 saturated heterocycles. The minimum Gasteiger partial charge on any atom is -0.489 e. The molecule has 7 heteroatoms. The predicted molar refractivity (Wildman–Crippen MR) is 120 cm³/mol. The number of amides is 2. The molecule has 1 aromatic heterocycles. The van der Waals surface area contributed by atoms with Gasteiger partial charge in [-0.25, -0.2) is 0 Å². The molecule has 0 atom stereocenters. The maximum absolute atomic E-state index is 11.8. The van der Waals surface area contributed by atoms with Crippen molar-refractivity contribution < 1.29 is 14.3 Å². The molecular formula is C23H19ClN2O3S. The molecule has 152 valence electrons. The highest BCUT2D eigenvalue weighted by molar-refractivity contribution is 8.18. The van der Waals surface area contributed by atoms with E-state index in [4.69, 9.17) is 16.3 Å². The maximum Gasteiger partial charge on any atom is 0.290 e. The molecule has 1 aliphatic rings. The van der Waals surface area contributed by atoms with Crippen LogP contribution in [0.4, 0.5) is 4.79 Å². The van der Waals surface area contributed by atoms with E-state index in [2.05, 4.69) is 9.88 Å². The van der Waals surface area contributed by atoms with Gasteiger partial charge in [0.2, 0.25) is 0 Å². The van der Waals surface area contributed by atoms with Crippen LogP contribution in [0.1, 0.15) is 22.5 Å². The Labute approximate surface area is 183 Å². The summed E-state index contributed by atoms with van der Waals surface area (Å²) in [6, 6.07) is 17.4. The molecule has 0 aliphatic carbocycles. The van der Waals surface area contributed by atoms with Crippen LogP contribution in [0.3, 0.4) is 0 Å². The highest BCUT2D eigenvalue weighted by Gasteiger charge is 2.25. The summed E-state index contributed by atoms with van der Waals surface area (Å²) in [7, 11) is 0.